The first kappa shape index (κ1) is 7.52. The lowest BCUT2D eigenvalue weighted by atomic mass is 10.2. The Morgan fingerprint density at radius 1 is 1.50 bits per heavy atom. The summed E-state index contributed by atoms with van der Waals surface area (Å²) in [5.41, 5.74) is 1.09. The average Bonchev–Trinajstić information content (AvgIpc) is 2.40. The highest BCUT2D eigenvalue weighted by molar-refractivity contribution is 5.92. The first-order valence-corrected chi connectivity index (χ1v) is 4.00. The molecule has 1 aliphatic rings. The minimum atomic E-state index is 0.609. The van der Waals surface area contributed by atoms with Crippen LogP contribution in [0.1, 0.15) is 32.6 Å². The van der Waals surface area contributed by atoms with Gasteiger partial charge in [-0.1, -0.05) is 19.4 Å². The van der Waals surface area contributed by atoms with Crippen molar-refractivity contribution >= 4 is 5.71 Å². The van der Waals surface area contributed by atoms with E-state index in [1.165, 1.54) is 25.7 Å². The van der Waals surface area contributed by atoms with Crippen molar-refractivity contribution in [2.75, 3.05) is 0 Å². The van der Waals surface area contributed by atoms with E-state index < -0.39 is 0 Å². The lowest BCUT2D eigenvalue weighted by Crippen LogP contribution is -1.99. The number of hydrogen-bond donors (Lipinski definition) is 0. The largest absolute Gasteiger partial charge is 0.287 e. The fourth-order valence-electron chi connectivity index (χ4n) is 1.37. The SMILES string of the molecule is C=CC(C)=NC1CCCC1. The number of nitrogens with zero attached hydrogens (tertiary/aromatic N) is 1. The highest BCUT2D eigenvalue weighted by Crippen LogP contribution is 2.20. The van der Waals surface area contributed by atoms with E-state index in [1.54, 1.807) is 0 Å². The van der Waals surface area contributed by atoms with Crippen molar-refractivity contribution in [1.29, 1.82) is 0 Å². The maximum absolute atomic E-state index is 4.49. The number of aliphatic imine (C=N–C) groups is 1. The third-order valence-corrected chi connectivity index (χ3v) is 2.01. The average molecular weight is 137 g/mol. The monoisotopic (exact) mass is 137 g/mol. The Balaban J connectivity index is 2.42. The van der Waals surface area contributed by atoms with Crippen LogP contribution in [0, 0.1) is 0 Å². The Labute approximate surface area is 62.9 Å². The smallest absolute Gasteiger partial charge is 0.0502 e. The zero-order valence-corrected chi connectivity index (χ0v) is 6.64. The van der Waals surface area contributed by atoms with Gasteiger partial charge in [-0.3, -0.25) is 4.99 Å². The van der Waals surface area contributed by atoms with E-state index in [9.17, 15) is 0 Å². The molecule has 0 N–H and O–H groups in total. The zero-order valence-electron chi connectivity index (χ0n) is 6.64. The number of hydrogen-bond acceptors (Lipinski definition) is 1. The quantitative estimate of drug-likeness (QED) is 0.519. The summed E-state index contributed by atoms with van der Waals surface area (Å²) in [6.07, 6.45) is 7.12. The lowest BCUT2D eigenvalue weighted by molar-refractivity contribution is 0.707. The second kappa shape index (κ2) is 3.55. The fraction of sp³-hybridized carbons (Fsp3) is 0.667. The van der Waals surface area contributed by atoms with E-state index in [4.69, 9.17) is 0 Å². The van der Waals surface area contributed by atoms with Gasteiger partial charge in [-0.05, 0) is 25.8 Å². The second-order valence-electron chi connectivity index (χ2n) is 2.91. The third-order valence-electron chi connectivity index (χ3n) is 2.01. The normalized spacial score (nSPS) is 21.5. The maximum atomic E-state index is 4.49. The molecule has 0 saturated heterocycles. The van der Waals surface area contributed by atoms with Gasteiger partial charge in [-0.2, -0.15) is 0 Å². The van der Waals surface area contributed by atoms with E-state index in [2.05, 4.69) is 11.6 Å². The van der Waals surface area contributed by atoms with Gasteiger partial charge in [0.25, 0.3) is 0 Å². The molecule has 0 aromatic carbocycles. The number of allylic oxidation sites excluding steroid dienone is 1. The van der Waals surface area contributed by atoms with Crippen LogP contribution in [-0.4, -0.2) is 11.8 Å². The second-order valence-corrected chi connectivity index (χ2v) is 2.91. The maximum Gasteiger partial charge on any atom is 0.0502 e. The van der Waals surface area contributed by atoms with Crippen LogP contribution in [0.4, 0.5) is 0 Å². The van der Waals surface area contributed by atoms with Crippen LogP contribution >= 0.6 is 0 Å². The van der Waals surface area contributed by atoms with Crippen LogP contribution < -0.4 is 0 Å². The first-order valence-electron chi connectivity index (χ1n) is 4.00. The van der Waals surface area contributed by atoms with Crippen LogP contribution in [0.25, 0.3) is 0 Å². The van der Waals surface area contributed by atoms with Crippen molar-refractivity contribution < 1.29 is 0 Å². The van der Waals surface area contributed by atoms with Crippen molar-refractivity contribution in [3.63, 3.8) is 0 Å². The molecule has 0 bridgehead atoms. The van der Waals surface area contributed by atoms with Crippen LogP contribution in [0.15, 0.2) is 17.6 Å². The highest BCUT2D eigenvalue weighted by Gasteiger charge is 2.12. The Kier molecular flexibility index (Phi) is 2.67. The van der Waals surface area contributed by atoms with Crippen molar-refractivity contribution in [3.8, 4) is 0 Å². The summed E-state index contributed by atoms with van der Waals surface area (Å²) in [6.45, 7) is 5.69. The molecule has 0 spiro atoms. The lowest BCUT2D eigenvalue weighted by Gasteiger charge is -2.01. The van der Waals surface area contributed by atoms with Crippen molar-refractivity contribution in [1.82, 2.24) is 0 Å². The highest BCUT2D eigenvalue weighted by atomic mass is 14.8. The van der Waals surface area contributed by atoms with Gasteiger partial charge in [0.2, 0.25) is 0 Å². The minimum absolute atomic E-state index is 0.609. The molecule has 0 atom stereocenters. The van der Waals surface area contributed by atoms with Gasteiger partial charge in [0.15, 0.2) is 0 Å². The van der Waals surface area contributed by atoms with E-state index in [0.717, 1.165) is 5.71 Å². The first-order chi connectivity index (χ1) is 4.83. The van der Waals surface area contributed by atoms with Crippen LogP contribution in [-0.2, 0) is 0 Å². The topological polar surface area (TPSA) is 12.4 Å². The van der Waals surface area contributed by atoms with Crippen LogP contribution in [0.3, 0.4) is 0 Å². The van der Waals surface area contributed by atoms with Gasteiger partial charge in [0, 0.05) is 5.71 Å². The van der Waals surface area contributed by atoms with E-state index in [1.807, 2.05) is 13.0 Å². The molecule has 0 aromatic heterocycles. The molecule has 0 radical (unpaired) electrons. The van der Waals surface area contributed by atoms with Gasteiger partial charge in [-0.15, -0.1) is 0 Å². The Morgan fingerprint density at radius 2 is 2.10 bits per heavy atom. The standard InChI is InChI=1S/C9H15N/c1-3-8(2)10-9-6-4-5-7-9/h3,9H,1,4-7H2,2H3. The molecule has 1 aliphatic carbocycles. The molecule has 1 heteroatoms. The minimum Gasteiger partial charge on any atom is -0.287 e. The van der Waals surface area contributed by atoms with E-state index in [-0.39, 0.29) is 0 Å². The van der Waals surface area contributed by atoms with Crippen LogP contribution in [0.2, 0.25) is 0 Å². The zero-order chi connectivity index (χ0) is 7.40. The summed E-state index contributed by atoms with van der Waals surface area (Å²) in [5, 5.41) is 0. The molecular weight excluding hydrogens is 122 g/mol. The molecule has 0 heterocycles. The molecule has 56 valence electrons. The summed E-state index contributed by atoms with van der Waals surface area (Å²) in [5.74, 6) is 0. The summed E-state index contributed by atoms with van der Waals surface area (Å²) in [7, 11) is 0. The predicted octanol–water partition coefficient (Wildman–Crippen LogP) is 2.58. The van der Waals surface area contributed by atoms with Crippen molar-refractivity contribution in [2.24, 2.45) is 4.99 Å². The molecule has 10 heavy (non-hydrogen) atoms. The molecule has 0 aliphatic heterocycles. The van der Waals surface area contributed by atoms with E-state index >= 15 is 0 Å². The molecule has 1 fully saturated rings. The van der Waals surface area contributed by atoms with Gasteiger partial charge < -0.3 is 0 Å². The molecule has 1 rings (SSSR count). The summed E-state index contributed by atoms with van der Waals surface area (Å²) in [6, 6.07) is 0.609. The Bertz CT molecular complexity index is 141. The molecule has 0 aromatic rings. The molecule has 0 amide bonds. The summed E-state index contributed by atoms with van der Waals surface area (Å²) < 4.78 is 0. The Morgan fingerprint density at radius 3 is 2.60 bits per heavy atom. The van der Waals surface area contributed by atoms with Gasteiger partial charge in [-0.25, -0.2) is 0 Å². The van der Waals surface area contributed by atoms with Gasteiger partial charge in [0.05, 0.1) is 6.04 Å². The fourth-order valence-corrected chi connectivity index (χ4v) is 1.37. The molecule has 0 unspecified atom stereocenters. The molecule has 1 saturated carbocycles. The van der Waals surface area contributed by atoms with E-state index in [0.29, 0.717) is 6.04 Å². The van der Waals surface area contributed by atoms with Gasteiger partial charge in [0.1, 0.15) is 0 Å². The summed E-state index contributed by atoms with van der Waals surface area (Å²) in [4.78, 5) is 4.49. The number of rotatable bonds is 2. The van der Waals surface area contributed by atoms with Gasteiger partial charge >= 0.3 is 0 Å². The summed E-state index contributed by atoms with van der Waals surface area (Å²) >= 11 is 0. The molecule has 1 nitrogen and oxygen atoms in total. The van der Waals surface area contributed by atoms with Crippen molar-refractivity contribution in [3.05, 3.63) is 12.7 Å². The third kappa shape index (κ3) is 1.98. The van der Waals surface area contributed by atoms with Crippen molar-refractivity contribution in [2.45, 2.75) is 38.6 Å². The molecular formula is C9H15N. The van der Waals surface area contributed by atoms with Crippen LogP contribution in [0.5, 0.6) is 0 Å². The Hall–Kier alpha value is -0.590. The predicted molar refractivity (Wildman–Crippen MR) is 45.6 cm³/mol.